The van der Waals surface area contributed by atoms with E-state index in [9.17, 15) is 15.4 Å². The lowest BCUT2D eigenvalue weighted by atomic mass is 9.81. The van der Waals surface area contributed by atoms with E-state index in [1.807, 2.05) is 19.9 Å². The Bertz CT molecular complexity index is 1030. The van der Waals surface area contributed by atoms with E-state index >= 15 is 0 Å². The van der Waals surface area contributed by atoms with Gasteiger partial charge in [0.1, 0.15) is 11.6 Å². The van der Waals surface area contributed by atoms with Crippen molar-refractivity contribution in [3.05, 3.63) is 50.5 Å². The number of nitrogens with two attached hydrogens (primary N) is 1. The first kappa shape index (κ1) is 16.7. The summed E-state index contributed by atoms with van der Waals surface area (Å²) in [7, 11) is 0. The zero-order valence-electron chi connectivity index (χ0n) is 14.5. The molecule has 0 spiro atoms. The van der Waals surface area contributed by atoms with Gasteiger partial charge in [0.2, 0.25) is 18.6 Å². The number of aromatic amines is 1. The smallest absolute Gasteiger partial charge is 0.277 e. The average Bonchev–Trinajstić information content (AvgIpc) is 3.25. The van der Waals surface area contributed by atoms with E-state index in [0.29, 0.717) is 17.0 Å². The highest BCUT2D eigenvalue weighted by Crippen LogP contribution is 2.49. The molecular formula is C17H15N5O5. The average molecular weight is 369 g/mol. The van der Waals surface area contributed by atoms with Crippen molar-refractivity contribution >= 4 is 5.69 Å². The lowest BCUT2D eigenvalue weighted by Gasteiger charge is -2.24. The molecular weight excluding hydrogens is 354 g/mol. The van der Waals surface area contributed by atoms with Crippen molar-refractivity contribution in [2.24, 2.45) is 5.73 Å². The third-order valence-corrected chi connectivity index (χ3v) is 4.58. The van der Waals surface area contributed by atoms with Gasteiger partial charge in [-0.25, -0.2) is 0 Å². The Morgan fingerprint density at radius 2 is 2.11 bits per heavy atom. The zero-order valence-corrected chi connectivity index (χ0v) is 14.5. The molecule has 4 rings (SSSR count). The number of nitro benzene ring substituents is 1. The van der Waals surface area contributed by atoms with Crippen LogP contribution < -0.4 is 19.9 Å². The molecule has 3 N–H and O–H groups in total. The summed E-state index contributed by atoms with van der Waals surface area (Å²) in [6.45, 7) is 3.85. The third-order valence-electron chi connectivity index (χ3n) is 4.58. The fourth-order valence-electron chi connectivity index (χ4n) is 3.36. The van der Waals surface area contributed by atoms with Gasteiger partial charge in [-0.2, -0.15) is 5.26 Å². The van der Waals surface area contributed by atoms with Crippen molar-refractivity contribution in [2.45, 2.75) is 25.7 Å². The molecule has 1 unspecified atom stereocenters. The molecule has 0 saturated carbocycles. The first-order valence-electron chi connectivity index (χ1n) is 8.16. The number of rotatable bonds is 3. The summed E-state index contributed by atoms with van der Waals surface area (Å²) in [6, 6.07) is 4.84. The molecule has 0 bridgehead atoms. The SMILES string of the molecule is CC(C)c1[nH]nc2c1C(c1cc3c(cc1[N+](=O)[O-])OCO3)C(C#N)=C(N)O2. The van der Waals surface area contributed by atoms with Gasteiger partial charge in [0.05, 0.1) is 22.5 Å². The molecule has 0 amide bonds. The summed E-state index contributed by atoms with van der Waals surface area (Å²) in [6.07, 6.45) is 0. The second-order valence-electron chi connectivity index (χ2n) is 6.46. The zero-order chi connectivity index (χ0) is 19.3. The van der Waals surface area contributed by atoms with E-state index in [2.05, 4.69) is 10.2 Å². The van der Waals surface area contributed by atoms with Crippen LogP contribution in [0.1, 0.15) is 42.5 Å². The molecule has 0 radical (unpaired) electrons. The maximum Gasteiger partial charge on any atom is 0.277 e. The van der Waals surface area contributed by atoms with Crippen LogP contribution in [0.4, 0.5) is 5.69 Å². The Morgan fingerprint density at radius 3 is 2.74 bits per heavy atom. The van der Waals surface area contributed by atoms with Crippen LogP contribution in [0.5, 0.6) is 17.4 Å². The summed E-state index contributed by atoms with van der Waals surface area (Å²) in [5.74, 6) is -0.0843. The predicted molar refractivity (Wildman–Crippen MR) is 91.2 cm³/mol. The molecule has 138 valence electrons. The van der Waals surface area contributed by atoms with Crippen molar-refractivity contribution in [3.8, 4) is 23.4 Å². The molecule has 2 aliphatic rings. The number of nitriles is 1. The first-order chi connectivity index (χ1) is 12.9. The van der Waals surface area contributed by atoms with E-state index in [0.717, 1.165) is 0 Å². The summed E-state index contributed by atoms with van der Waals surface area (Å²) in [5, 5.41) is 28.4. The number of allylic oxidation sites excluding steroid dienone is 1. The van der Waals surface area contributed by atoms with Gasteiger partial charge in [0.25, 0.3) is 5.69 Å². The molecule has 1 atom stereocenters. The highest BCUT2D eigenvalue weighted by atomic mass is 16.7. The van der Waals surface area contributed by atoms with Crippen LogP contribution in [0.3, 0.4) is 0 Å². The highest BCUT2D eigenvalue weighted by molar-refractivity contribution is 5.64. The first-order valence-corrected chi connectivity index (χ1v) is 8.16. The molecule has 10 nitrogen and oxygen atoms in total. The van der Waals surface area contributed by atoms with Gasteiger partial charge in [-0.1, -0.05) is 13.8 Å². The van der Waals surface area contributed by atoms with Crippen LogP contribution in [0.15, 0.2) is 23.6 Å². The van der Waals surface area contributed by atoms with Gasteiger partial charge in [-0.15, -0.1) is 5.10 Å². The van der Waals surface area contributed by atoms with Crippen LogP contribution in [0.2, 0.25) is 0 Å². The Morgan fingerprint density at radius 1 is 1.41 bits per heavy atom. The molecule has 27 heavy (non-hydrogen) atoms. The Labute approximate surface area is 153 Å². The number of benzene rings is 1. The molecule has 0 aliphatic carbocycles. The van der Waals surface area contributed by atoms with Crippen molar-refractivity contribution in [1.82, 2.24) is 10.2 Å². The van der Waals surface area contributed by atoms with E-state index < -0.39 is 10.8 Å². The van der Waals surface area contributed by atoms with Crippen LogP contribution in [-0.4, -0.2) is 21.9 Å². The lowest BCUT2D eigenvalue weighted by molar-refractivity contribution is -0.385. The third kappa shape index (κ3) is 2.43. The van der Waals surface area contributed by atoms with Gasteiger partial charge in [0, 0.05) is 11.3 Å². The molecule has 3 heterocycles. The number of nitro groups is 1. The molecule has 2 aliphatic heterocycles. The summed E-state index contributed by atoms with van der Waals surface area (Å²) in [4.78, 5) is 11.2. The molecule has 0 fully saturated rings. The number of nitrogens with one attached hydrogen (secondary N) is 1. The van der Waals surface area contributed by atoms with Crippen molar-refractivity contribution in [2.75, 3.05) is 6.79 Å². The maximum atomic E-state index is 11.7. The largest absolute Gasteiger partial charge is 0.454 e. The predicted octanol–water partition coefficient (Wildman–Crippen LogP) is 2.39. The van der Waals surface area contributed by atoms with Crippen LogP contribution in [-0.2, 0) is 0 Å². The normalized spacial score (nSPS) is 17.5. The number of ether oxygens (including phenoxy) is 3. The Kier molecular flexibility index (Phi) is 3.66. The number of fused-ring (bicyclic) bond motifs is 2. The van der Waals surface area contributed by atoms with Gasteiger partial charge in [-0.05, 0) is 12.0 Å². The number of nitrogens with zero attached hydrogens (tertiary/aromatic N) is 3. The number of hydrogen-bond acceptors (Lipinski definition) is 8. The Balaban J connectivity index is 2.02. The molecule has 1 aromatic heterocycles. The summed E-state index contributed by atoms with van der Waals surface area (Å²) in [5.41, 5.74) is 7.31. The lowest BCUT2D eigenvalue weighted by Crippen LogP contribution is -2.22. The minimum absolute atomic E-state index is 0.0136. The second kappa shape index (κ2) is 5.91. The minimum atomic E-state index is -0.815. The van der Waals surface area contributed by atoms with Crippen molar-refractivity contribution in [3.63, 3.8) is 0 Å². The van der Waals surface area contributed by atoms with Gasteiger partial charge in [0.15, 0.2) is 11.5 Å². The van der Waals surface area contributed by atoms with E-state index in [1.165, 1.54) is 12.1 Å². The minimum Gasteiger partial charge on any atom is -0.454 e. The monoisotopic (exact) mass is 369 g/mol. The maximum absolute atomic E-state index is 11.7. The van der Waals surface area contributed by atoms with Crippen LogP contribution >= 0.6 is 0 Å². The van der Waals surface area contributed by atoms with E-state index in [1.54, 1.807) is 0 Å². The standard InChI is InChI=1S/C17H15N5O5/c1-7(2)15-14-13(9(5-18)16(19)27-17(14)21-20-15)8-3-11-12(26-6-25-11)4-10(8)22(23)24/h3-4,7,13H,6,19H2,1-2H3,(H,20,21). The highest BCUT2D eigenvalue weighted by Gasteiger charge is 2.40. The van der Waals surface area contributed by atoms with Gasteiger partial charge in [-0.3, -0.25) is 15.2 Å². The van der Waals surface area contributed by atoms with Crippen molar-refractivity contribution < 1.29 is 19.1 Å². The van der Waals surface area contributed by atoms with E-state index in [-0.39, 0.29) is 47.0 Å². The number of H-pyrrole nitrogens is 1. The number of hydrogen-bond donors (Lipinski definition) is 2. The fourth-order valence-corrected chi connectivity index (χ4v) is 3.36. The van der Waals surface area contributed by atoms with Crippen LogP contribution in [0.25, 0.3) is 0 Å². The molecule has 10 heteroatoms. The van der Waals surface area contributed by atoms with Gasteiger partial charge < -0.3 is 19.9 Å². The van der Waals surface area contributed by atoms with E-state index in [4.69, 9.17) is 19.9 Å². The topological polar surface area (TPSA) is 149 Å². The summed E-state index contributed by atoms with van der Waals surface area (Å²) < 4.78 is 16.1. The van der Waals surface area contributed by atoms with Gasteiger partial charge >= 0.3 is 0 Å². The van der Waals surface area contributed by atoms with Crippen molar-refractivity contribution in [1.29, 1.82) is 5.26 Å². The quantitative estimate of drug-likeness (QED) is 0.618. The van der Waals surface area contributed by atoms with Crippen LogP contribution in [0, 0.1) is 21.4 Å². The molecule has 1 aromatic carbocycles. The second-order valence-corrected chi connectivity index (χ2v) is 6.46. The summed E-state index contributed by atoms with van der Waals surface area (Å²) >= 11 is 0. The molecule has 0 saturated heterocycles. The number of aromatic nitrogens is 2. The molecule has 2 aromatic rings. The Hall–Kier alpha value is -3.74. The fraction of sp³-hybridized carbons (Fsp3) is 0.294.